The molecule has 0 saturated carbocycles. The van der Waals surface area contributed by atoms with E-state index in [4.69, 9.17) is 21.1 Å². The first-order valence-electron chi connectivity index (χ1n) is 7.75. The highest BCUT2D eigenvalue weighted by molar-refractivity contribution is 6.33. The molecule has 0 bridgehead atoms. The van der Waals surface area contributed by atoms with Gasteiger partial charge in [0, 0.05) is 6.54 Å². The van der Waals surface area contributed by atoms with Crippen molar-refractivity contribution < 1.29 is 14.3 Å². The fourth-order valence-corrected chi connectivity index (χ4v) is 2.18. The summed E-state index contributed by atoms with van der Waals surface area (Å²) < 4.78 is 10.8. The number of amides is 1. The van der Waals surface area contributed by atoms with Gasteiger partial charge in [-0.15, -0.1) is 0 Å². The standard InChI is InChI=1S/C18H20ClN3O3/c1-3-20-18(23)12-25-16-9-8-13(10-17(16)24-2)11-21-22-15-7-5-4-6-14(15)19/h4-11,22H,3,12H2,1-2H3,(H,20,23)/b21-11-. The smallest absolute Gasteiger partial charge is 0.257 e. The number of ether oxygens (including phenoxy) is 2. The molecular weight excluding hydrogens is 342 g/mol. The molecule has 132 valence electrons. The number of nitrogens with one attached hydrogen (secondary N) is 2. The van der Waals surface area contributed by atoms with E-state index >= 15 is 0 Å². The van der Waals surface area contributed by atoms with E-state index in [9.17, 15) is 4.79 Å². The number of hydrogen-bond acceptors (Lipinski definition) is 5. The van der Waals surface area contributed by atoms with Crippen molar-refractivity contribution in [3.63, 3.8) is 0 Å². The number of carbonyl (C=O) groups is 1. The Balaban J connectivity index is 2.01. The highest BCUT2D eigenvalue weighted by atomic mass is 35.5. The number of carbonyl (C=O) groups excluding carboxylic acids is 1. The van der Waals surface area contributed by atoms with Crippen LogP contribution in [0, 0.1) is 0 Å². The van der Waals surface area contributed by atoms with Gasteiger partial charge in [0.25, 0.3) is 5.91 Å². The van der Waals surface area contributed by atoms with E-state index in [0.29, 0.717) is 28.8 Å². The van der Waals surface area contributed by atoms with Crippen molar-refractivity contribution in [2.75, 3.05) is 25.7 Å². The first kappa shape index (κ1) is 18.6. The summed E-state index contributed by atoms with van der Waals surface area (Å²) in [5, 5.41) is 7.41. The van der Waals surface area contributed by atoms with Crippen molar-refractivity contribution >= 4 is 29.4 Å². The molecule has 6 nitrogen and oxygen atoms in total. The van der Waals surface area contributed by atoms with Crippen molar-refractivity contribution in [1.29, 1.82) is 0 Å². The van der Waals surface area contributed by atoms with Crippen LogP contribution in [0.1, 0.15) is 12.5 Å². The van der Waals surface area contributed by atoms with Crippen LogP contribution in [0.15, 0.2) is 47.6 Å². The van der Waals surface area contributed by atoms with Crippen LogP contribution in [0.4, 0.5) is 5.69 Å². The molecular formula is C18H20ClN3O3. The van der Waals surface area contributed by atoms with Gasteiger partial charge in [-0.25, -0.2) is 0 Å². The molecule has 0 aliphatic rings. The van der Waals surface area contributed by atoms with Gasteiger partial charge in [-0.2, -0.15) is 5.10 Å². The third kappa shape index (κ3) is 5.69. The summed E-state index contributed by atoms with van der Waals surface area (Å²) in [7, 11) is 1.54. The van der Waals surface area contributed by atoms with Gasteiger partial charge in [-0.1, -0.05) is 23.7 Å². The highest BCUT2D eigenvalue weighted by Crippen LogP contribution is 2.27. The molecule has 25 heavy (non-hydrogen) atoms. The quantitative estimate of drug-likeness (QED) is 0.559. The molecule has 0 heterocycles. The molecule has 2 aromatic carbocycles. The molecule has 1 amide bonds. The van der Waals surface area contributed by atoms with Crippen molar-refractivity contribution in [2.45, 2.75) is 6.92 Å². The number of nitrogens with zero attached hydrogens (tertiary/aromatic N) is 1. The normalized spacial score (nSPS) is 10.5. The van der Waals surface area contributed by atoms with Gasteiger partial charge in [-0.05, 0) is 42.8 Å². The molecule has 0 radical (unpaired) electrons. The second-order valence-electron chi connectivity index (χ2n) is 5.00. The Kier molecular flexibility index (Phi) is 7.10. The van der Waals surface area contributed by atoms with Gasteiger partial charge in [-0.3, -0.25) is 10.2 Å². The van der Waals surface area contributed by atoms with Gasteiger partial charge in [0.15, 0.2) is 18.1 Å². The molecule has 0 saturated heterocycles. The molecule has 0 aliphatic heterocycles. The predicted octanol–water partition coefficient (Wildman–Crippen LogP) is 3.31. The van der Waals surface area contributed by atoms with E-state index in [-0.39, 0.29) is 12.5 Å². The minimum atomic E-state index is -0.181. The Morgan fingerprint density at radius 3 is 2.76 bits per heavy atom. The zero-order valence-electron chi connectivity index (χ0n) is 14.1. The van der Waals surface area contributed by atoms with Crippen LogP contribution < -0.4 is 20.2 Å². The van der Waals surface area contributed by atoms with Gasteiger partial charge < -0.3 is 14.8 Å². The fourth-order valence-electron chi connectivity index (χ4n) is 2.00. The second kappa shape index (κ2) is 9.54. The SMILES string of the molecule is CCNC(=O)COc1ccc(/C=N\Nc2ccccc2Cl)cc1OC. The van der Waals surface area contributed by atoms with Crippen molar-refractivity contribution in [3.05, 3.63) is 53.1 Å². The number of halogens is 1. The van der Waals surface area contributed by atoms with Gasteiger partial charge in [0.1, 0.15) is 0 Å². The van der Waals surface area contributed by atoms with Crippen LogP contribution in [0.3, 0.4) is 0 Å². The summed E-state index contributed by atoms with van der Waals surface area (Å²) in [6.45, 7) is 2.35. The topological polar surface area (TPSA) is 72.0 Å². The van der Waals surface area contributed by atoms with Gasteiger partial charge >= 0.3 is 0 Å². The Bertz CT molecular complexity index is 750. The zero-order valence-corrected chi connectivity index (χ0v) is 14.8. The van der Waals surface area contributed by atoms with Crippen LogP contribution in [0.2, 0.25) is 5.02 Å². The third-order valence-corrected chi connectivity index (χ3v) is 3.52. The van der Waals surface area contributed by atoms with Crippen molar-refractivity contribution in [2.24, 2.45) is 5.10 Å². The number of hydrazone groups is 1. The zero-order chi connectivity index (χ0) is 18.1. The Labute approximate surface area is 151 Å². The minimum Gasteiger partial charge on any atom is -0.493 e. The van der Waals surface area contributed by atoms with E-state index in [1.54, 1.807) is 24.4 Å². The van der Waals surface area contributed by atoms with Crippen molar-refractivity contribution in [3.8, 4) is 11.5 Å². The number of anilines is 1. The molecule has 0 aromatic heterocycles. The summed E-state index contributed by atoms with van der Waals surface area (Å²) >= 11 is 6.05. The van der Waals surface area contributed by atoms with E-state index < -0.39 is 0 Å². The lowest BCUT2D eigenvalue weighted by atomic mass is 10.2. The monoisotopic (exact) mass is 361 g/mol. The summed E-state index contributed by atoms with van der Waals surface area (Å²) in [5.74, 6) is 0.829. The molecule has 0 fully saturated rings. The molecule has 2 aromatic rings. The first-order chi connectivity index (χ1) is 12.1. The molecule has 0 atom stereocenters. The molecule has 0 aliphatic carbocycles. The Morgan fingerprint density at radius 2 is 2.04 bits per heavy atom. The van der Waals surface area contributed by atoms with Gasteiger partial charge in [0.05, 0.1) is 24.0 Å². The average molecular weight is 362 g/mol. The highest BCUT2D eigenvalue weighted by Gasteiger charge is 2.07. The van der Waals surface area contributed by atoms with Crippen LogP contribution in [-0.4, -0.2) is 32.4 Å². The molecule has 0 unspecified atom stereocenters. The Morgan fingerprint density at radius 1 is 1.24 bits per heavy atom. The predicted molar refractivity (Wildman–Crippen MR) is 99.8 cm³/mol. The lowest BCUT2D eigenvalue weighted by molar-refractivity contribution is -0.123. The van der Waals surface area contributed by atoms with Gasteiger partial charge in [0.2, 0.25) is 0 Å². The summed E-state index contributed by atoms with van der Waals surface area (Å²) in [6.07, 6.45) is 1.64. The van der Waals surface area contributed by atoms with Crippen LogP contribution in [0.25, 0.3) is 0 Å². The lowest BCUT2D eigenvalue weighted by Gasteiger charge is -2.11. The molecule has 2 N–H and O–H groups in total. The van der Waals surface area contributed by atoms with E-state index in [0.717, 1.165) is 5.56 Å². The Hall–Kier alpha value is -2.73. The number of para-hydroxylation sites is 1. The van der Waals surface area contributed by atoms with Crippen LogP contribution in [0.5, 0.6) is 11.5 Å². The molecule has 2 rings (SSSR count). The van der Waals surface area contributed by atoms with Crippen molar-refractivity contribution in [1.82, 2.24) is 5.32 Å². The van der Waals surface area contributed by atoms with Crippen LogP contribution in [-0.2, 0) is 4.79 Å². The van der Waals surface area contributed by atoms with E-state index in [2.05, 4.69) is 15.8 Å². The summed E-state index contributed by atoms with van der Waals surface area (Å²) in [6, 6.07) is 12.6. The largest absolute Gasteiger partial charge is 0.493 e. The first-order valence-corrected chi connectivity index (χ1v) is 8.13. The lowest BCUT2D eigenvalue weighted by Crippen LogP contribution is -2.28. The number of methoxy groups -OCH3 is 1. The number of rotatable bonds is 8. The summed E-state index contributed by atoms with van der Waals surface area (Å²) in [4.78, 5) is 11.5. The maximum absolute atomic E-state index is 11.5. The fraction of sp³-hybridized carbons (Fsp3) is 0.222. The average Bonchev–Trinajstić information content (AvgIpc) is 2.62. The van der Waals surface area contributed by atoms with E-state index in [1.165, 1.54) is 7.11 Å². The molecule has 7 heteroatoms. The second-order valence-corrected chi connectivity index (χ2v) is 5.41. The van der Waals surface area contributed by atoms with Crippen LogP contribution >= 0.6 is 11.6 Å². The number of benzene rings is 2. The third-order valence-electron chi connectivity index (χ3n) is 3.19. The number of likely N-dealkylation sites (N-methyl/N-ethyl adjacent to an activating group) is 1. The summed E-state index contributed by atoms with van der Waals surface area (Å²) in [5.41, 5.74) is 4.40. The maximum atomic E-state index is 11.5. The number of hydrogen-bond donors (Lipinski definition) is 2. The van der Waals surface area contributed by atoms with E-state index in [1.807, 2.05) is 31.2 Å². The molecule has 0 spiro atoms. The minimum absolute atomic E-state index is 0.0638. The maximum Gasteiger partial charge on any atom is 0.257 e.